The Morgan fingerprint density at radius 2 is 1.78 bits per heavy atom. The molecule has 4 nitrogen and oxygen atoms in total. The van der Waals surface area contributed by atoms with Gasteiger partial charge in [-0.2, -0.15) is 0 Å². The lowest BCUT2D eigenvalue weighted by Gasteiger charge is -2.21. The second kappa shape index (κ2) is 6.54. The molecule has 2 heterocycles. The normalized spacial score (nSPS) is 13.0. The maximum absolute atomic E-state index is 3.86. The highest BCUT2D eigenvalue weighted by atomic mass is 32.1. The van der Waals surface area contributed by atoms with Gasteiger partial charge in [0.1, 0.15) is 12.7 Å². The Morgan fingerprint density at radius 1 is 1.09 bits per heavy atom. The third-order valence-electron chi connectivity index (χ3n) is 3.87. The van der Waals surface area contributed by atoms with E-state index in [1.54, 1.807) is 24.0 Å². The summed E-state index contributed by atoms with van der Waals surface area (Å²) in [7, 11) is 0. The topological polar surface area (TPSA) is 42.7 Å². The van der Waals surface area contributed by atoms with Crippen LogP contribution >= 0.6 is 11.3 Å². The molecule has 0 saturated carbocycles. The van der Waals surface area contributed by atoms with Crippen molar-refractivity contribution in [2.75, 3.05) is 5.43 Å². The summed E-state index contributed by atoms with van der Waals surface area (Å²) in [5, 5.41) is 9.82. The predicted molar refractivity (Wildman–Crippen MR) is 95.3 cm³/mol. The van der Waals surface area contributed by atoms with Crippen molar-refractivity contribution < 1.29 is 0 Å². The number of aromatic nitrogens is 3. The third-order valence-corrected chi connectivity index (χ3v) is 4.86. The minimum absolute atomic E-state index is 0.187. The van der Waals surface area contributed by atoms with E-state index >= 15 is 0 Å². The van der Waals surface area contributed by atoms with Crippen molar-refractivity contribution in [1.29, 1.82) is 0 Å². The third kappa shape index (κ3) is 3.99. The van der Waals surface area contributed by atoms with Crippen LogP contribution in [0, 0.1) is 0 Å². The van der Waals surface area contributed by atoms with E-state index < -0.39 is 0 Å². The van der Waals surface area contributed by atoms with E-state index in [9.17, 15) is 0 Å². The molecule has 1 unspecified atom stereocenters. The molecule has 0 aliphatic rings. The van der Waals surface area contributed by atoms with E-state index in [1.165, 1.54) is 16.0 Å². The van der Waals surface area contributed by atoms with Gasteiger partial charge in [-0.3, -0.25) is 0 Å². The fraction of sp³-hybridized carbons (Fsp3) is 0.333. The van der Waals surface area contributed by atoms with Gasteiger partial charge >= 0.3 is 0 Å². The molecular weight excluding hydrogens is 304 g/mol. The minimum atomic E-state index is 0.187. The van der Waals surface area contributed by atoms with Crippen LogP contribution in [0.2, 0.25) is 0 Å². The van der Waals surface area contributed by atoms with Gasteiger partial charge in [-0.25, -0.2) is 4.68 Å². The van der Waals surface area contributed by atoms with Gasteiger partial charge in [-0.15, -0.1) is 21.5 Å². The van der Waals surface area contributed by atoms with Gasteiger partial charge in [0.15, 0.2) is 0 Å². The van der Waals surface area contributed by atoms with Crippen molar-refractivity contribution >= 4 is 11.3 Å². The van der Waals surface area contributed by atoms with Crippen molar-refractivity contribution in [2.24, 2.45) is 0 Å². The molecule has 1 N–H and O–H groups in total. The monoisotopic (exact) mass is 326 g/mol. The summed E-state index contributed by atoms with van der Waals surface area (Å²) >= 11 is 1.76. The van der Waals surface area contributed by atoms with Crippen LogP contribution in [0.25, 0.3) is 0 Å². The standard InChI is InChI=1S/C18H22N4S/c1-18(2,3)15-8-6-14(7-9-15)11-16(17-5-4-10-23-17)21-22-12-19-20-13-22/h4-10,12-13,16,21H,11H2,1-3H3. The first kappa shape index (κ1) is 15.7. The Balaban J connectivity index is 1.78. The lowest BCUT2D eigenvalue weighted by atomic mass is 9.86. The van der Waals surface area contributed by atoms with E-state index in [0.717, 1.165) is 6.42 Å². The van der Waals surface area contributed by atoms with Gasteiger partial charge in [0.2, 0.25) is 0 Å². The molecule has 0 bridgehead atoms. The molecule has 0 spiro atoms. The van der Waals surface area contributed by atoms with Crippen LogP contribution < -0.4 is 5.43 Å². The zero-order chi connectivity index (χ0) is 16.3. The van der Waals surface area contributed by atoms with Gasteiger partial charge in [-0.1, -0.05) is 51.1 Å². The first-order valence-corrected chi connectivity index (χ1v) is 8.64. The molecule has 1 aromatic carbocycles. The Hall–Kier alpha value is -2.14. The average Bonchev–Trinajstić information content (AvgIpc) is 3.20. The summed E-state index contributed by atoms with van der Waals surface area (Å²) in [4.78, 5) is 1.30. The fourth-order valence-electron chi connectivity index (χ4n) is 2.52. The Labute approximate surface area is 141 Å². The maximum atomic E-state index is 3.86. The summed E-state index contributed by atoms with van der Waals surface area (Å²) in [6.45, 7) is 6.72. The molecule has 5 heteroatoms. The van der Waals surface area contributed by atoms with Gasteiger partial charge < -0.3 is 5.43 Å². The van der Waals surface area contributed by atoms with Crippen molar-refractivity contribution in [2.45, 2.75) is 38.6 Å². The second-order valence-electron chi connectivity index (χ2n) is 6.72. The average molecular weight is 326 g/mol. The summed E-state index contributed by atoms with van der Waals surface area (Å²) < 4.78 is 1.81. The van der Waals surface area contributed by atoms with Crippen LogP contribution in [-0.4, -0.2) is 14.9 Å². The Morgan fingerprint density at radius 3 is 2.35 bits per heavy atom. The predicted octanol–water partition coefficient (Wildman–Crippen LogP) is 4.16. The number of thiophene rings is 1. The van der Waals surface area contributed by atoms with E-state index in [2.05, 4.69) is 78.2 Å². The van der Waals surface area contributed by atoms with Crippen molar-refractivity contribution in [3.05, 3.63) is 70.4 Å². The molecule has 0 amide bonds. The van der Waals surface area contributed by atoms with Crippen LogP contribution in [0.5, 0.6) is 0 Å². The number of benzene rings is 1. The SMILES string of the molecule is CC(C)(C)c1ccc(CC(Nn2cnnc2)c2cccs2)cc1. The molecule has 120 valence electrons. The molecule has 3 rings (SSSR count). The highest BCUT2D eigenvalue weighted by Crippen LogP contribution is 2.26. The highest BCUT2D eigenvalue weighted by Gasteiger charge is 2.16. The molecular formula is C18H22N4S. The number of rotatable bonds is 5. The van der Waals surface area contributed by atoms with Gasteiger partial charge in [-0.05, 0) is 34.4 Å². The summed E-state index contributed by atoms with van der Waals surface area (Å²) in [5.74, 6) is 0. The van der Waals surface area contributed by atoms with Crippen molar-refractivity contribution in [1.82, 2.24) is 14.9 Å². The fourth-order valence-corrected chi connectivity index (χ4v) is 3.29. The number of nitrogens with zero attached hydrogens (tertiary/aromatic N) is 3. The molecule has 0 aliphatic carbocycles. The number of hydrogen-bond acceptors (Lipinski definition) is 4. The van der Waals surface area contributed by atoms with Gasteiger partial charge in [0, 0.05) is 4.88 Å². The highest BCUT2D eigenvalue weighted by molar-refractivity contribution is 7.10. The van der Waals surface area contributed by atoms with Crippen LogP contribution in [-0.2, 0) is 11.8 Å². The van der Waals surface area contributed by atoms with E-state index in [0.29, 0.717) is 0 Å². The lowest BCUT2D eigenvalue weighted by Crippen LogP contribution is -2.21. The summed E-state index contributed by atoms with van der Waals surface area (Å²) in [5.41, 5.74) is 6.32. The first-order valence-electron chi connectivity index (χ1n) is 7.76. The van der Waals surface area contributed by atoms with Gasteiger partial charge in [0.25, 0.3) is 0 Å². The lowest BCUT2D eigenvalue weighted by molar-refractivity contribution is 0.589. The molecule has 0 fully saturated rings. The van der Waals surface area contributed by atoms with Crippen LogP contribution in [0.3, 0.4) is 0 Å². The number of hydrogen-bond donors (Lipinski definition) is 1. The Kier molecular flexibility index (Phi) is 4.48. The molecule has 0 aliphatic heterocycles. The number of nitrogens with one attached hydrogen (secondary N) is 1. The van der Waals surface area contributed by atoms with E-state index in [1.807, 2.05) is 4.68 Å². The molecule has 0 saturated heterocycles. The van der Waals surface area contributed by atoms with E-state index in [-0.39, 0.29) is 11.5 Å². The molecule has 1 atom stereocenters. The quantitative estimate of drug-likeness (QED) is 0.765. The van der Waals surface area contributed by atoms with Crippen LogP contribution in [0.4, 0.5) is 0 Å². The molecule has 23 heavy (non-hydrogen) atoms. The first-order chi connectivity index (χ1) is 11.0. The molecule has 0 radical (unpaired) electrons. The molecule has 3 aromatic rings. The maximum Gasteiger partial charge on any atom is 0.138 e. The summed E-state index contributed by atoms with van der Waals surface area (Å²) in [6.07, 6.45) is 4.29. The van der Waals surface area contributed by atoms with Crippen LogP contribution in [0.15, 0.2) is 54.4 Å². The minimum Gasteiger partial charge on any atom is -0.315 e. The second-order valence-corrected chi connectivity index (χ2v) is 7.70. The Bertz CT molecular complexity index is 709. The largest absolute Gasteiger partial charge is 0.315 e. The van der Waals surface area contributed by atoms with Crippen LogP contribution in [0.1, 0.15) is 42.8 Å². The smallest absolute Gasteiger partial charge is 0.138 e. The zero-order valence-electron chi connectivity index (χ0n) is 13.7. The van der Waals surface area contributed by atoms with E-state index in [4.69, 9.17) is 0 Å². The van der Waals surface area contributed by atoms with Gasteiger partial charge in [0.05, 0.1) is 6.04 Å². The van der Waals surface area contributed by atoms with Crippen molar-refractivity contribution in [3.63, 3.8) is 0 Å². The summed E-state index contributed by atoms with van der Waals surface area (Å²) in [6, 6.07) is 13.4. The van der Waals surface area contributed by atoms with Crippen molar-refractivity contribution in [3.8, 4) is 0 Å². The molecule has 2 aromatic heterocycles. The zero-order valence-corrected chi connectivity index (χ0v) is 14.5.